The lowest BCUT2D eigenvalue weighted by atomic mass is 10.1. The standard InChI is InChI=1S/C21H18F3N3O3S/c22-21(23,24)16-6-8-17(9-7-16)31(29,30)27-13-11-26(12-14-27)20(28)18-5-1-3-15-4-2-10-25-19(15)18/h1-10H,11-14H2. The summed E-state index contributed by atoms with van der Waals surface area (Å²) in [6.07, 6.45) is -2.93. The van der Waals surface area contributed by atoms with Crippen molar-refractivity contribution >= 4 is 26.8 Å². The number of hydrogen-bond acceptors (Lipinski definition) is 4. The van der Waals surface area contributed by atoms with Crippen LogP contribution in [-0.2, 0) is 16.2 Å². The molecule has 31 heavy (non-hydrogen) atoms. The third kappa shape index (κ3) is 4.13. The molecule has 2 heterocycles. The summed E-state index contributed by atoms with van der Waals surface area (Å²) < 4.78 is 65.0. The number of aromatic nitrogens is 1. The molecule has 0 radical (unpaired) electrons. The molecule has 1 aromatic heterocycles. The Balaban J connectivity index is 1.48. The number of halogens is 3. The van der Waals surface area contributed by atoms with E-state index in [1.807, 2.05) is 12.1 Å². The van der Waals surface area contributed by atoms with E-state index in [1.165, 1.54) is 4.31 Å². The fraction of sp³-hybridized carbons (Fsp3) is 0.238. The molecule has 2 aromatic carbocycles. The minimum atomic E-state index is -4.54. The molecule has 0 unspecified atom stereocenters. The molecule has 0 aliphatic carbocycles. The number of alkyl halides is 3. The van der Waals surface area contributed by atoms with Crippen LogP contribution in [0.25, 0.3) is 10.9 Å². The first-order chi connectivity index (χ1) is 14.7. The van der Waals surface area contributed by atoms with Gasteiger partial charge in [-0.1, -0.05) is 18.2 Å². The molecule has 0 spiro atoms. The van der Waals surface area contributed by atoms with E-state index < -0.39 is 21.8 Å². The van der Waals surface area contributed by atoms with E-state index in [9.17, 15) is 26.4 Å². The second kappa shape index (κ2) is 7.93. The van der Waals surface area contributed by atoms with Crippen LogP contribution >= 0.6 is 0 Å². The number of pyridine rings is 1. The van der Waals surface area contributed by atoms with Crippen molar-refractivity contribution in [3.8, 4) is 0 Å². The molecular formula is C21H18F3N3O3S. The molecule has 1 saturated heterocycles. The van der Waals surface area contributed by atoms with E-state index in [4.69, 9.17) is 0 Å². The summed E-state index contributed by atoms with van der Waals surface area (Å²) >= 11 is 0. The summed E-state index contributed by atoms with van der Waals surface area (Å²) in [5.41, 5.74) is 0.109. The second-order valence-corrected chi connectivity index (χ2v) is 9.04. The van der Waals surface area contributed by atoms with Gasteiger partial charge in [0.1, 0.15) is 0 Å². The van der Waals surface area contributed by atoms with Gasteiger partial charge in [0.05, 0.1) is 21.5 Å². The Kier molecular flexibility index (Phi) is 5.44. The Hall–Kier alpha value is -2.98. The number of rotatable bonds is 3. The van der Waals surface area contributed by atoms with Crippen molar-refractivity contribution in [2.75, 3.05) is 26.2 Å². The number of carbonyl (C=O) groups is 1. The summed E-state index contributed by atoms with van der Waals surface area (Å²) in [7, 11) is -3.96. The monoisotopic (exact) mass is 449 g/mol. The molecule has 1 amide bonds. The smallest absolute Gasteiger partial charge is 0.336 e. The van der Waals surface area contributed by atoms with Crippen LogP contribution in [0.2, 0.25) is 0 Å². The molecule has 0 saturated carbocycles. The van der Waals surface area contributed by atoms with Crippen LogP contribution < -0.4 is 0 Å². The van der Waals surface area contributed by atoms with E-state index in [0.29, 0.717) is 11.1 Å². The largest absolute Gasteiger partial charge is 0.416 e. The maximum absolute atomic E-state index is 13.0. The van der Waals surface area contributed by atoms with Crippen LogP contribution in [0.4, 0.5) is 13.2 Å². The lowest BCUT2D eigenvalue weighted by Crippen LogP contribution is -2.50. The zero-order valence-electron chi connectivity index (χ0n) is 16.2. The van der Waals surface area contributed by atoms with Crippen molar-refractivity contribution in [1.29, 1.82) is 0 Å². The van der Waals surface area contributed by atoms with E-state index >= 15 is 0 Å². The van der Waals surface area contributed by atoms with Gasteiger partial charge in [0, 0.05) is 37.8 Å². The first-order valence-corrected chi connectivity index (χ1v) is 10.9. The molecule has 3 aromatic rings. The molecule has 4 rings (SSSR count). The van der Waals surface area contributed by atoms with Gasteiger partial charge in [-0.2, -0.15) is 17.5 Å². The summed E-state index contributed by atoms with van der Waals surface area (Å²) in [6, 6.07) is 12.4. The van der Waals surface area contributed by atoms with E-state index in [0.717, 1.165) is 29.7 Å². The van der Waals surface area contributed by atoms with Crippen molar-refractivity contribution in [2.24, 2.45) is 0 Å². The van der Waals surface area contributed by atoms with Gasteiger partial charge in [-0.15, -0.1) is 0 Å². The quantitative estimate of drug-likeness (QED) is 0.615. The Morgan fingerprint density at radius 2 is 1.55 bits per heavy atom. The minimum absolute atomic E-state index is 0.0489. The van der Waals surface area contributed by atoms with Crippen molar-refractivity contribution in [3.05, 3.63) is 71.9 Å². The number of amides is 1. The zero-order valence-corrected chi connectivity index (χ0v) is 17.0. The molecule has 1 aliphatic rings. The molecule has 1 aliphatic heterocycles. The van der Waals surface area contributed by atoms with Crippen LogP contribution in [0.1, 0.15) is 15.9 Å². The lowest BCUT2D eigenvalue weighted by molar-refractivity contribution is -0.137. The lowest BCUT2D eigenvalue weighted by Gasteiger charge is -2.34. The third-order valence-corrected chi connectivity index (χ3v) is 7.12. The van der Waals surface area contributed by atoms with Crippen LogP contribution in [-0.4, -0.2) is 54.7 Å². The highest BCUT2D eigenvalue weighted by atomic mass is 32.2. The SMILES string of the molecule is O=C(c1cccc2cccnc12)N1CCN(S(=O)(=O)c2ccc(C(F)(F)F)cc2)CC1. The number of fused-ring (bicyclic) bond motifs is 1. The fourth-order valence-corrected chi connectivity index (χ4v) is 4.97. The first-order valence-electron chi connectivity index (χ1n) is 9.48. The number of para-hydroxylation sites is 1. The van der Waals surface area contributed by atoms with Crippen molar-refractivity contribution in [2.45, 2.75) is 11.1 Å². The third-order valence-electron chi connectivity index (χ3n) is 5.21. The zero-order chi connectivity index (χ0) is 22.2. The summed E-state index contributed by atoms with van der Waals surface area (Å²) in [5, 5.41) is 0.830. The number of nitrogens with zero attached hydrogens (tertiary/aromatic N) is 3. The molecule has 0 bridgehead atoms. The van der Waals surface area contributed by atoms with E-state index in [2.05, 4.69) is 4.98 Å². The number of hydrogen-bond donors (Lipinski definition) is 0. The van der Waals surface area contributed by atoms with Gasteiger partial charge in [-0.3, -0.25) is 9.78 Å². The summed E-state index contributed by atoms with van der Waals surface area (Å²) in [6.45, 7) is 0.435. The Labute approximate surface area is 177 Å². The predicted octanol–water partition coefficient (Wildman–Crippen LogP) is 3.40. The van der Waals surface area contributed by atoms with Crippen molar-refractivity contribution < 1.29 is 26.4 Å². The second-order valence-electron chi connectivity index (χ2n) is 7.10. The van der Waals surface area contributed by atoms with Crippen molar-refractivity contribution in [1.82, 2.24) is 14.2 Å². The van der Waals surface area contributed by atoms with Gasteiger partial charge in [-0.05, 0) is 36.4 Å². The van der Waals surface area contributed by atoms with Crippen LogP contribution in [0, 0.1) is 0 Å². The maximum Gasteiger partial charge on any atom is 0.416 e. The van der Waals surface area contributed by atoms with Gasteiger partial charge in [0.2, 0.25) is 10.0 Å². The van der Waals surface area contributed by atoms with Gasteiger partial charge in [0.25, 0.3) is 5.91 Å². The van der Waals surface area contributed by atoms with E-state index in [1.54, 1.807) is 29.3 Å². The fourth-order valence-electron chi connectivity index (χ4n) is 3.54. The number of sulfonamides is 1. The average Bonchev–Trinajstić information content (AvgIpc) is 2.78. The van der Waals surface area contributed by atoms with E-state index in [-0.39, 0.29) is 37.0 Å². The molecule has 6 nitrogen and oxygen atoms in total. The highest BCUT2D eigenvalue weighted by molar-refractivity contribution is 7.89. The van der Waals surface area contributed by atoms with Gasteiger partial charge in [0.15, 0.2) is 0 Å². The Morgan fingerprint density at radius 1 is 0.903 bits per heavy atom. The van der Waals surface area contributed by atoms with Crippen LogP contribution in [0.3, 0.4) is 0 Å². The molecular weight excluding hydrogens is 431 g/mol. The minimum Gasteiger partial charge on any atom is -0.336 e. The average molecular weight is 449 g/mol. The summed E-state index contributed by atoms with van der Waals surface area (Å²) in [5.74, 6) is -0.240. The Morgan fingerprint density at radius 3 is 2.19 bits per heavy atom. The number of benzene rings is 2. The number of carbonyl (C=O) groups excluding carboxylic acids is 1. The first kappa shape index (κ1) is 21.3. The highest BCUT2D eigenvalue weighted by Crippen LogP contribution is 2.30. The molecule has 10 heteroatoms. The van der Waals surface area contributed by atoms with Gasteiger partial charge < -0.3 is 4.90 Å². The summed E-state index contributed by atoms with van der Waals surface area (Å²) in [4.78, 5) is 18.6. The van der Waals surface area contributed by atoms with Crippen LogP contribution in [0.15, 0.2) is 65.7 Å². The highest BCUT2D eigenvalue weighted by Gasteiger charge is 2.33. The Bertz CT molecular complexity index is 1210. The molecule has 162 valence electrons. The normalized spacial score (nSPS) is 15.9. The topological polar surface area (TPSA) is 70.6 Å². The number of piperazine rings is 1. The van der Waals surface area contributed by atoms with Crippen molar-refractivity contribution in [3.63, 3.8) is 0 Å². The van der Waals surface area contributed by atoms with Crippen LogP contribution in [0.5, 0.6) is 0 Å². The van der Waals surface area contributed by atoms with Gasteiger partial charge in [-0.25, -0.2) is 8.42 Å². The molecule has 0 N–H and O–H groups in total. The molecule has 1 fully saturated rings. The maximum atomic E-state index is 13.0. The molecule has 0 atom stereocenters. The predicted molar refractivity (Wildman–Crippen MR) is 108 cm³/mol. The van der Waals surface area contributed by atoms with Gasteiger partial charge >= 0.3 is 6.18 Å².